The summed E-state index contributed by atoms with van der Waals surface area (Å²) in [6.45, 7) is 5.55. The Balaban J connectivity index is 1.39. The second kappa shape index (κ2) is 7.60. The Hall–Kier alpha value is -2.37. The van der Waals surface area contributed by atoms with Crippen LogP contribution in [0.15, 0.2) is 12.1 Å². The van der Waals surface area contributed by atoms with Crippen LogP contribution in [0.5, 0.6) is 0 Å². The lowest BCUT2D eigenvalue weighted by atomic mass is 9.45. The van der Waals surface area contributed by atoms with Gasteiger partial charge in [-0.3, -0.25) is 14.4 Å². The fourth-order valence-electron chi connectivity index (χ4n) is 7.83. The Morgan fingerprint density at radius 1 is 1.06 bits per heavy atom. The van der Waals surface area contributed by atoms with Gasteiger partial charge in [-0.25, -0.2) is 0 Å². The van der Waals surface area contributed by atoms with Crippen molar-refractivity contribution >= 4 is 17.7 Å². The molecule has 0 spiro atoms. The summed E-state index contributed by atoms with van der Waals surface area (Å²) in [7, 11) is 0. The average Bonchev–Trinajstić information content (AvgIpc) is 2.73. The Kier molecular flexibility index (Phi) is 5.10. The van der Waals surface area contributed by atoms with Crippen molar-refractivity contribution < 1.29 is 14.4 Å². The molecule has 4 aliphatic carbocycles. The zero-order valence-electron chi connectivity index (χ0n) is 19.2. The van der Waals surface area contributed by atoms with Crippen LogP contribution < -0.4 is 11.5 Å². The van der Waals surface area contributed by atoms with Gasteiger partial charge in [-0.15, -0.1) is 0 Å². The molecule has 6 heteroatoms. The average molecular weight is 438 g/mol. The molecule has 6 rings (SSSR count). The maximum Gasteiger partial charge on any atom is 0.235 e. The Morgan fingerprint density at radius 3 is 2.38 bits per heavy atom. The van der Waals surface area contributed by atoms with E-state index in [4.69, 9.17) is 11.5 Å². The van der Waals surface area contributed by atoms with E-state index in [0.29, 0.717) is 43.2 Å². The molecule has 32 heavy (non-hydrogen) atoms. The van der Waals surface area contributed by atoms with Gasteiger partial charge in [0, 0.05) is 18.5 Å². The fourth-order valence-corrected chi connectivity index (χ4v) is 7.83. The van der Waals surface area contributed by atoms with Crippen LogP contribution in [0.25, 0.3) is 0 Å². The molecule has 1 aromatic carbocycles. The van der Waals surface area contributed by atoms with E-state index in [0.717, 1.165) is 31.2 Å². The Bertz CT molecular complexity index is 971. The molecule has 1 aromatic rings. The highest BCUT2D eigenvalue weighted by molar-refractivity contribution is 5.99. The summed E-state index contributed by atoms with van der Waals surface area (Å²) in [5.41, 5.74) is 16.2. The van der Waals surface area contributed by atoms with E-state index in [1.165, 1.54) is 29.5 Å². The van der Waals surface area contributed by atoms with Gasteiger partial charge in [-0.05, 0) is 105 Å². The minimum Gasteiger partial charge on any atom is -0.369 e. The summed E-state index contributed by atoms with van der Waals surface area (Å²) in [4.78, 5) is 38.5. The molecule has 5 fully saturated rings. The van der Waals surface area contributed by atoms with Gasteiger partial charge in [0.15, 0.2) is 0 Å². The van der Waals surface area contributed by atoms with Gasteiger partial charge in [-0.2, -0.15) is 0 Å². The number of hydrogen-bond donors (Lipinski definition) is 2. The molecule has 3 unspecified atom stereocenters. The summed E-state index contributed by atoms with van der Waals surface area (Å²) in [6.07, 6.45) is 6.67. The minimum atomic E-state index is -0.685. The monoisotopic (exact) mass is 437 g/mol. The van der Waals surface area contributed by atoms with Crippen molar-refractivity contribution in [3.63, 3.8) is 0 Å². The van der Waals surface area contributed by atoms with E-state index >= 15 is 0 Å². The highest BCUT2D eigenvalue weighted by atomic mass is 16.2. The van der Waals surface area contributed by atoms with Gasteiger partial charge in [0.2, 0.25) is 17.7 Å². The van der Waals surface area contributed by atoms with E-state index in [9.17, 15) is 14.4 Å². The van der Waals surface area contributed by atoms with Crippen LogP contribution in [0.2, 0.25) is 0 Å². The summed E-state index contributed by atoms with van der Waals surface area (Å²) >= 11 is 0. The molecule has 4 bridgehead atoms. The molecule has 3 atom stereocenters. The zero-order chi connectivity index (χ0) is 22.8. The first-order valence-corrected chi connectivity index (χ1v) is 12.2. The lowest BCUT2D eigenvalue weighted by Crippen LogP contribution is -2.55. The molecular weight excluding hydrogens is 402 g/mol. The molecule has 1 heterocycles. The topological polar surface area (TPSA) is 106 Å². The SMILES string of the molecule is Cc1c(CN2CCCC(C(N)=O)C2=O)ccc(C2C3CC4CC2CC(C(N)=O)(C4)C3)c1C. The molecule has 4 N–H and O–H groups in total. The van der Waals surface area contributed by atoms with Crippen molar-refractivity contribution in [2.75, 3.05) is 6.54 Å². The van der Waals surface area contributed by atoms with Crippen LogP contribution in [-0.2, 0) is 20.9 Å². The number of benzene rings is 1. The number of piperidine rings is 1. The molecule has 6 nitrogen and oxygen atoms in total. The van der Waals surface area contributed by atoms with Gasteiger partial charge in [-0.1, -0.05) is 12.1 Å². The number of primary amides is 2. The number of likely N-dealkylation sites (tertiary alicyclic amines) is 1. The molecule has 3 amide bonds. The predicted molar refractivity (Wildman–Crippen MR) is 121 cm³/mol. The number of nitrogens with two attached hydrogens (primary N) is 2. The van der Waals surface area contributed by atoms with Gasteiger partial charge < -0.3 is 16.4 Å². The van der Waals surface area contributed by atoms with E-state index < -0.39 is 11.8 Å². The van der Waals surface area contributed by atoms with Gasteiger partial charge in [0.05, 0.1) is 0 Å². The number of carbonyl (C=O) groups excluding carboxylic acids is 3. The van der Waals surface area contributed by atoms with Crippen LogP contribution in [0.3, 0.4) is 0 Å². The molecule has 1 aliphatic heterocycles. The Morgan fingerprint density at radius 2 is 1.75 bits per heavy atom. The van der Waals surface area contributed by atoms with Crippen LogP contribution >= 0.6 is 0 Å². The molecule has 4 saturated carbocycles. The lowest BCUT2D eigenvalue weighted by molar-refractivity contribution is -0.145. The van der Waals surface area contributed by atoms with Crippen molar-refractivity contribution in [3.05, 3.63) is 34.4 Å². The normalized spacial score (nSPS) is 35.9. The first kappa shape index (κ1) is 21.5. The number of amides is 3. The lowest BCUT2D eigenvalue weighted by Gasteiger charge is -2.59. The second-order valence-corrected chi connectivity index (χ2v) is 11.1. The van der Waals surface area contributed by atoms with Gasteiger partial charge in [0.25, 0.3) is 0 Å². The largest absolute Gasteiger partial charge is 0.369 e. The maximum atomic E-state index is 12.7. The van der Waals surface area contributed by atoms with Crippen molar-refractivity contribution in [2.24, 2.45) is 40.6 Å². The number of rotatable bonds is 5. The van der Waals surface area contributed by atoms with Gasteiger partial charge in [0.1, 0.15) is 5.92 Å². The van der Waals surface area contributed by atoms with Crippen LogP contribution in [0, 0.1) is 42.9 Å². The summed E-state index contributed by atoms with van der Waals surface area (Å²) < 4.78 is 0. The Labute approximate surface area is 190 Å². The second-order valence-electron chi connectivity index (χ2n) is 11.1. The molecular formula is C26H35N3O3. The van der Waals surface area contributed by atoms with E-state index in [-0.39, 0.29) is 17.2 Å². The number of carbonyl (C=O) groups is 3. The molecule has 172 valence electrons. The quantitative estimate of drug-likeness (QED) is 0.692. The highest BCUT2D eigenvalue weighted by Gasteiger charge is 2.58. The molecule has 0 radical (unpaired) electrons. The first-order chi connectivity index (χ1) is 15.2. The standard InChI is InChI=1S/C26H35N3O3/c1-14-15(2)20(6-5-17(14)13-29-7-3-4-21(23(27)30)24(29)31)22-18-8-16-9-19(22)12-26(10-16,11-18)25(28)32/h5-6,16,18-19,21-22H,3-4,7-13H2,1-2H3,(H2,27,30)(H2,28,32). The van der Waals surface area contributed by atoms with Crippen LogP contribution in [0.4, 0.5) is 0 Å². The smallest absolute Gasteiger partial charge is 0.235 e. The zero-order valence-corrected chi connectivity index (χ0v) is 19.2. The van der Waals surface area contributed by atoms with E-state index in [1.807, 2.05) is 0 Å². The summed E-state index contributed by atoms with van der Waals surface area (Å²) in [5, 5.41) is 0. The third kappa shape index (κ3) is 3.25. The van der Waals surface area contributed by atoms with Crippen molar-refractivity contribution in [1.82, 2.24) is 4.90 Å². The summed E-state index contributed by atoms with van der Waals surface area (Å²) in [5.74, 6) is 0.814. The summed E-state index contributed by atoms with van der Waals surface area (Å²) in [6, 6.07) is 4.44. The van der Waals surface area contributed by atoms with E-state index in [1.54, 1.807) is 4.90 Å². The number of nitrogens with zero attached hydrogens (tertiary/aromatic N) is 1. The van der Waals surface area contributed by atoms with Crippen LogP contribution in [0.1, 0.15) is 73.1 Å². The highest BCUT2D eigenvalue weighted by Crippen LogP contribution is 2.65. The van der Waals surface area contributed by atoms with E-state index in [2.05, 4.69) is 26.0 Å². The maximum absolute atomic E-state index is 12.7. The third-order valence-electron chi connectivity index (χ3n) is 9.33. The fraction of sp³-hybridized carbons (Fsp3) is 0.654. The minimum absolute atomic E-state index is 0.0842. The number of hydrogen-bond acceptors (Lipinski definition) is 3. The van der Waals surface area contributed by atoms with Crippen molar-refractivity contribution in [3.8, 4) is 0 Å². The first-order valence-electron chi connectivity index (χ1n) is 12.2. The van der Waals surface area contributed by atoms with Crippen LogP contribution in [-0.4, -0.2) is 29.2 Å². The molecule has 1 saturated heterocycles. The molecule has 0 aromatic heterocycles. The predicted octanol–water partition coefficient (Wildman–Crippen LogP) is 2.92. The third-order valence-corrected chi connectivity index (χ3v) is 9.33. The van der Waals surface area contributed by atoms with Crippen molar-refractivity contribution in [2.45, 2.75) is 71.3 Å². The van der Waals surface area contributed by atoms with Crippen molar-refractivity contribution in [1.29, 1.82) is 0 Å². The van der Waals surface area contributed by atoms with Gasteiger partial charge >= 0.3 is 0 Å². The molecule has 5 aliphatic rings.